The highest BCUT2D eigenvalue weighted by atomic mass is 32.2. The fraction of sp³-hybridized carbons (Fsp3) is 1.00. The first kappa shape index (κ1) is 8.85. The highest BCUT2D eigenvalue weighted by Gasteiger charge is 2.22. The number of thioether (sulfide) groups is 1. The molecular weight excluding hydrogens is 168 g/mol. The van der Waals surface area contributed by atoms with Crippen LogP contribution >= 0.6 is 11.8 Å². The van der Waals surface area contributed by atoms with Crippen molar-refractivity contribution in [1.29, 1.82) is 0 Å². The summed E-state index contributed by atoms with van der Waals surface area (Å²) in [4.78, 5) is 2.65. The van der Waals surface area contributed by atoms with Gasteiger partial charge in [-0.1, -0.05) is 6.42 Å². The lowest BCUT2D eigenvalue weighted by atomic mass is 10.2. The van der Waals surface area contributed by atoms with Crippen molar-refractivity contribution in [1.82, 2.24) is 10.2 Å². The zero-order valence-electron chi connectivity index (χ0n) is 7.59. The molecule has 2 fully saturated rings. The van der Waals surface area contributed by atoms with E-state index >= 15 is 0 Å². The molecule has 2 aliphatic rings. The first-order valence-electron chi connectivity index (χ1n) is 5.03. The van der Waals surface area contributed by atoms with Crippen molar-refractivity contribution in [3.05, 3.63) is 0 Å². The van der Waals surface area contributed by atoms with Gasteiger partial charge in [0.1, 0.15) is 0 Å². The van der Waals surface area contributed by atoms with Gasteiger partial charge in [0.05, 0.1) is 5.37 Å². The van der Waals surface area contributed by atoms with Gasteiger partial charge in [0.2, 0.25) is 0 Å². The molecule has 0 saturated carbocycles. The van der Waals surface area contributed by atoms with Crippen LogP contribution in [-0.2, 0) is 0 Å². The molecule has 2 heterocycles. The smallest absolute Gasteiger partial charge is 0.0558 e. The van der Waals surface area contributed by atoms with E-state index in [1.807, 2.05) is 0 Å². The van der Waals surface area contributed by atoms with Gasteiger partial charge in [0.25, 0.3) is 0 Å². The Morgan fingerprint density at radius 2 is 2.00 bits per heavy atom. The second kappa shape index (κ2) is 4.49. The largest absolute Gasteiger partial charge is 0.314 e. The van der Waals surface area contributed by atoms with Crippen LogP contribution in [0.25, 0.3) is 0 Å². The Labute approximate surface area is 79.1 Å². The second-order valence-electron chi connectivity index (χ2n) is 3.61. The molecule has 0 spiro atoms. The summed E-state index contributed by atoms with van der Waals surface area (Å²) in [5, 5.41) is 4.25. The van der Waals surface area contributed by atoms with Crippen molar-refractivity contribution < 1.29 is 0 Å². The van der Waals surface area contributed by atoms with Gasteiger partial charge in [-0.15, -0.1) is 11.8 Å². The van der Waals surface area contributed by atoms with Crippen LogP contribution < -0.4 is 5.32 Å². The zero-order valence-corrected chi connectivity index (χ0v) is 8.41. The monoisotopic (exact) mass is 186 g/mol. The Bertz CT molecular complexity index is 112. The molecule has 1 N–H and O–H groups in total. The number of rotatable bonds is 1. The van der Waals surface area contributed by atoms with Crippen LogP contribution in [0.15, 0.2) is 0 Å². The topological polar surface area (TPSA) is 15.3 Å². The third-order valence-corrected chi connectivity index (χ3v) is 4.16. The molecule has 0 aromatic rings. The highest BCUT2D eigenvalue weighted by Crippen LogP contribution is 2.27. The normalized spacial score (nSPS) is 33.5. The van der Waals surface area contributed by atoms with Crippen molar-refractivity contribution >= 4 is 11.8 Å². The first-order chi connectivity index (χ1) is 5.97. The molecule has 0 radical (unpaired) electrons. The fourth-order valence-corrected chi connectivity index (χ4v) is 3.38. The minimum Gasteiger partial charge on any atom is -0.314 e. The predicted octanol–water partition coefficient (Wildman–Crippen LogP) is 1.13. The van der Waals surface area contributed by atoms with Crippen molar-refractivity contribution in [2.45, 2.75) is 24.6 Å². The molecule has 12 heavy (non-hydrogen) atoms. The van der Waals surface area contributed by atoms with Crippen LogP contribution in [0.4, 0.5) is 0 Å². The van der Waals surface area contributed by atoms with E-state index < -0.39 is 0 Å². The fourth-order valence-electron chi connectivity index (χ4n) is 1.98. The molecule has 2 rings (SSSR count). The number of hydrogen-bond acceptors (Lipinski definition) is 3. The van der Waals surface area contributed by atoms with E-state index in [1.165, 1.54) is 51.2 Å². The summed E-state index contributed by atoms with van der Waals surface area (Å²) in [6.07, 6.45) is 4.31. The number of nitrogens with zero attached hydrogens (tertiary/aromatic N) is 1. The van der Waals surface area contributed by atoms with Crippen molar-refractivity contribution in [3.8, 4) is 0 Å². The maximum Gasteiger partial charge on any atom is 0.0558 e. The summed E-state index contributed by atoms with van der Waals surface area (Å²) in [6, 6.07) is 0. The third-order valence-electron chi connectivity index (χ3n) is 2.71. The van der Waals surface area contributed by atoms with Gasteiger partial charge in [0.15, 0.2) is 0 Å². The molecule has 2 nitrogen and oxygen atoms in total. The quantitative estimate of drug-likeness (QED) is 0.661. The maximum absolute atomic E-state index is 3.40. The summed E-state index contributed by atoms with van der Waals surface area (Å²) >= 11 is 2.17. The van der Waals surface area contributed by atoms with Crippen LogP contribution in [0.3, 0.4) is 0 Å². The third kappa shape index (κ3) is 2.15. The van der Waals surface area contributed by atoms with Gasteiger partial charge in [-0.2, -0.15) is 0 Å². The molecule has 0 aromatic carbocycles. The summed E-state index contributed by atoms with van der Waals surface area (Å²) in [5.41, 5.74) is 0. The Balaban J connectivity index is 1.80. The minimum absolute atomic E-state index is 0.848. The van der Waals surface area contributed by atoms with Gasteiger partial charge >= 0.3 is 0 Å². The van der Waals surface area contributed by atoms with Crippen molar-refractivity contribution in [2.24, 2.45) is 0 Å². The van der Waals surface area contributed by atoms with E-state index in [2.05, 4.69) is 22.0 Å². The second-order valence-corrected chi connectivity index (χ2v) is 4.89. The maximum atomic E-state index is 3.40. The summed E-state index contributed by atoms with van der Waals surface area (Å²) < 4.78 is 0. The van der Waals surface area contributed by atoms with Crippen LogP contribution in [0, 0.1) is 0 Å². The molecule has 3 heteroatoms. The summed E-state index contributed by atoms with van der Waals surface area (Å²) in [6.45, 7) is 4.91. The zero-order chi connectivity index (χ0) is 8.23. The lowest BCUT2D eigenvalue weighted by molar-refractivity contribution is 0.214. The Hall–Kier alpha value is 0.270. The van der Waals surface area contributed by atoms with Gasteiger partial charge < -0.3 is 5.32 Å². The first-order valence-corrected chi connectivity index (χ1v) is 6.08. The minimum atomic E-state index is 0.848. The van der Waals surface area contributed by atoms with E-state index in [0.717, 1.165) is 5.37 Å². The van der Waals surface area contributed by atoms with E-state index in [-0.39, 0.29) is 0 Å². The van der Waals surface area contributed by atoms with Gasteiger partial charge in [-0.05, 0) is 18.6 Å². The van der Waals surface area contributed by atoms with Crippen LogP contribution in [-0.4, -0.2) is 42.2 Å². The average molecular weight is 186 g/mol. The number of hydrogen-bond donors (Lipinski definition) is 1. The highest BCUT2D eigenvalue weighted by molar-refractivity contribution is 7.99. The average Bonchev–Trinajstić information content (AvgIpc) is 2.21. The molecule has 0 bridgehead atoms. The van der Waals surface area contributed by atoms with Crippen LogP contribution in [0.1, 0.15) is 19.3 Å². The molecular formula is C9H18N2S. The van der Waals surface area contributed by atoms with Crippen LogP contribution in [0.2, 0.25) is 0 Å². The SMILES string of the molecule is C1CCC(N2CCNCC2)SC1. The van der Waals surface area contributed by atoms with Crippen molar-refractivity contribution in [2.75, 3.05) is 31.9 Å². The summed E-state index contributed by atoms with van der Waals surface area (Å²) in [7, 11) is 0. The molecule has 0 aromatic heterocycles. The molecule has 0 aliphatic carbocycles. The lowest BCUT2D eigenvalue weighted by Gasteiger charge is -2.36. The Morgan fingerprint density at radius 1 is 1.17 bits per heavy atom. The number of nitrogens with one attached hydrogen (secondary N) is 1. The predicted molar refractivity (Wildman–Crippen MR) is 54.5 cm³/mol. The van der Waals surface area contributed by atoms with Crippen molar-refractivity contribution in [3.63, 3.8) is 0 Å². The van der Waals surface area contributed by atoms with Gasteiger partial charge in [-0.25, -0.2) is 0 Å². The molecule has 1 atom stereocenters. The molecule has 0 amide bonds. The lowest BCUT2D eigenvalue weighted by Crippen LogP contribution is -2.47. The summed E-state index contributed by atoms with van der Waals surface area (Å²) in [5.74, 6) is 1.38. The molecule has 2 aliphatic heterocycles. The van der Waals surface area contributed by atoms with Crippen LogP contribution in [0.5, 0.6) is 0 Å². The standard InChI is InChI=1S/C9H18N2S/c1-2-8-12-9(3-1)11-6-4-10-5-7-11/h9-10H,1-8H2. The van der Waals surface area contributed by atoms with E-state index in [4.69, 9.17) is 0 Å². The number of piperazine rings is 1. The van der Waals surface area contributed by atoms with Gasteiger partial charge in [-0.3, -0.25) is 4.90 Å². The van der Waals surface area contributed by atoms with Gasteiger partial charge in [0, 0.05) is 26.2 Å². The molecule has 1 unspecified atom stereocenters. The Kier molecular flexibility index (Phi) is 3.31. The molecule has 70 valence electrons. The van der Waals surface area contributed by atoms with E-state index in [9.17, 15) is 0 Å². The molecule has 2 saturated heterocycles. The van der Waals surface area contributed by atoms with E-state index in [0.29, 0.717) is 0 Å². The van der Waals surface area contributed by atoms with E-state index in [1.54, 1.807) is 0 Å². The Morgan fingerprint density at radius 3 is 2.67 bits per heavy atom.